The van der Waals surface area contributed by atoms with Crippen molar-refractivity contribution in [1.82, 2.24) is 0 Å². The second-order valence-corrected chi connectivity index (χ2v) is 9.50. The van der Waals surface area contributed by atoms with E-state index >= 15 is 0 Å². The molecule has 2 N–H and O–H groups in total. The molecule has 3 rings (SSSR count). The normalized spacial score (nSPS) is 24.7. The van der Waals surface area contributed by atoms with E-state index in [1.807, 2.05) is 38.1 Å². The number of ether oxygens (including phenoxy) is 1. The predicted octanol–water partition coefficient (Wildman–Crippen LogP) is 3.48. The van der Waals surface area contributed by atoms with E-state index < -0.39 is 20.5 Å². The number of nitrogens with two attached hydrogens (primary N) is 1. The van der Waals surface area contributed by atoms with E-state index in [2.05, 4.69) is 19.1 Å². The summed E-state index contributed by atoms with van der Waals surface area (Å²) in [5.41, 5.74) is 8.86. The van der Waals surface area contributed by atoms with E-state index in [9.17, 15) is 8.42 Å². The summed E-state index contributed by atoms with van der Waals surface area (Å²) in [4.78, 5) is 0.361. The van der Waals surface area contributed by atoms with Gasteiger partial charge in [0.25, 0.3) is 0 Å². The Morgan fingerprint density at radius 3 is 2.19 bits per heavy atom. The molecule has 0 aliphatic heterocycles. The Hall–Kier alpha value is -1.69. The van der Waals surface area contributed by atoms with Crippen molar-refractivity contribution in [2.75, 3.05) is 19.8 Å². The van der Waals surface area contributed by atoms with Crippen LogP contribution in [-0.2, 0) is 21.0 Å². The summed E-state index contributed by atoms with van der Waals surface area (Å²) in [6, 6.07) is 15.3. The van der Waals surface area contributed by atoms with Crippen molar-refractivity contribution in [1.29, 1.82) is 0 Å². The van der Waals surface area contributed by atoms with Gasteiger partial charge < -0.3 is 10.5 Å². The lowest BCUT2D eigenvalue weighted by Crippen LogP contribution is -2.29. The molecule has 0 unspecified atom stereocenters. The Bertz CT molecular complexity index is 875. The summed E-state index contributed by atoms with van der Waals surface area (Å²) in [6.07, 6.45) is 0.955. The minimum absolute atomic E-state index is 0.147. The highest BCUT2D eigenvalue weighted by molar-refractivity contribution is 7.92. The molecule has 1 fully saturated rings. The first-order valence-corrected chi connectivity index (χ1v) is 11.1. The number of hydrogen-bond acceptors (Lipinski definition) is 4. The van der Waals surface area contributed by atoms with Gasteiger partial charge in [-0.05, 0) is 43.5 Å². The third-order valence-electron chi connectivity index (χ3n) is 5.77. The summed E-state index contributed by atoms with van der Waals surface area (Å²) in [5.74, 6) is -0.147. The molecular weight excluding hydrogens is 358 g/mol. The van der Waals surface area contributed by atoms with Crippen LogP contribution < -0.4 is 5.73 Å². The van der Waals surface area contributed by atoms with Crippen LogP contribution in [0.3, 0.4) is 0 Å². The molecule has 27 heavy (non-hydrogen) atoms. The monoisotopic (exact) mass is 387 g/mol. The van der Waals surface area contributed by atoms with Gasteiger partial charge >= 0.3 is 0 Å². The van der Waals surface area contributed by atoms with Gasteiger partial charge in [0.1, 0.15) is 0 Å². The van der Waals surface area contributed by atoms with Crippen molar-refractivity contribution in [2.45, 2.75) is 43.3 Å². The Kier molecular flexibility index (Phi) is 5.75. The van der Waals surface area contributed by atoms with Crippen LogP contribution in [0, 0.1) is 12.3 Å². The fourth-order valence-electron chi connectivity index (χ4n) is 4.05. The van der Waals surface area contributed by atoms with Crippen LogP contribution in [0.1, 0.15) is 36.5 Å². The molecule has 5 heteroatoms. The molecule has 146 valence electrons. The van der Waals surface area contributed by atoms with Gasteiger partial charge in [-0.15, -0.1) is 0 Å². The maximum absolute atomic E-state index is 13.4. The second kappa shape index (κ2) is 7.74. The standard InChI is InChI=1S/C22H29NO3S/c1-4-17-8-10-18(11-9-17)20-21(22(20,14-23)15-26-5-2)27(24,25)19-12-6-16(3)7-13-19/h6-13,20-21H,4-5,14-15,23H2,1-3H3/t20-,21-,22-/m1/s1. The summed E-state index contributed by atoms with van der Waals surface area (Å²) in [6.45, 7) is 7.15. The van der Waals surface area contributed by atoms with Crippen molar-refractivity contribution in [3.05, 3.63) is 65.2 Å². The zero-order valence-corrected chi connectivity index (χ0v) is 17.1. The summed E-state index contributed by atoms with van der Waals surface area (Å²) in [7, 11) is -3.51. The topological polar surface area (TPSA) is 69.4 Å². The number of hydrogen-bond donors (Lipinski definition) is 1. The van der Waals surface area contributed by atoms with Gasteiger partial charge in [-0.2, -0.15) is 0 Å². The minimum atomic E-state index is -3.51. The van der Waals surface area contributed by atoms with E-state index in [0.29, 0.717) is 18.1 Å². The lowest BCUT2D eigenvalue weighted by molar-refractivity contribution is 0.101. The highest BCUT2D eigenvalue weighted by Crippen LogP contribution is 2.63. The van der Waals surface area contributed by atoms with Gasteiger partial charge in [-0.3, -0.25) is 0 Å². The van der Waals surface area contributed by atoms with E-state index in [4.69, 9.17) is 10.5 Å². The van der Waals surface area contributed by atoms with Crippen LogP contribution in [0.15, 0.2) is 53.4 Å². The zero-order chi connectivity index (χ0) is 19.7. The van der Waals surface area contributed by atoms with Crippen LogP contribution in [0.4, 0.5) is 0 Å². The van der Waals surface area contributed by atoms with Crippen LogP contribution in [0.5, 0.6) is 0 Å². The number of rotatable bonds is 8. The molecule has 0 spiro atoms. The maximum atomic E-state index is 13.4. The fraction of sp³-hybridized carbons (Fsp3) is 0.455. The molecular formula is C22H29NO3S. The average molecular weight is 388 g/mol. The van der Waals surface area contributed by atoms with Crippen LogP contribution >= 0.6 is 0 Å². The highest BCUT2D eigenvalue weighted by Gasteiger charge is 2.70. The SMILES string of the molecule is CCOC[C@]1(CN)[C@H](c2ccc(CC)cc2)[C@H]1S(=O)(=O)c1ccc(C)cc1. The van der Waals surface area contributed by atoms with Gasteiger partial charge in [0.05, 0.1) is 16.8 Å². The molecule has 4 nitrogen and oxygen atoms in total. The van der Waals surface area contributed by atoms with Crippen molar-refractivity contribution in [3.8, 4) is 0 Å². The number of sulfone groups is 1. The van der Waals surface area contributed by atoms with Crippen molar-refractivity contribution in [2.24, 2.45) is 11.1 Å². The summed E-state index contributed by atoms with van der Waals surface area (Å²) in [5, 5.41) is -0.559. The molecule has 1 saturated carbocycles. The third-order valence-corrected chi connectivity index (χ3v) is 8.10. The molecule has 0 heterocycles. The molecule has 3 atom stereocenters. The van der Waals surface area contributed by atoms with Crippen LogP contribution in [0.2, 0.25) is 0 Å². The van der Waals surface area contributed by atoms with E-state index in [1.165, 1.54) is 5.56 Å². The molecule has 0 radical (unpaired) electrons. The Morgan fingerprint density at radius 1 is 1.04 bits per heavy atom. The summed E-state index contributed by atoms with van der Waals surface area (Å²) >= 11 is 0. The van der Waals surface area contributed by atoms with Gasteiger partial charge in [0.2, 0.25) is 0 Å². The Labute approximate surface area is 162 Å². The van der Waals surface area contributed by atoms with Crippen LogP contribution in [0.25, 0.3) is 0 Å². The third kappa shape index (κ3) is 3.56. The van der Waals surface area contributed by atoms with E-state index in [0.717, 1.165) is 17.5 Å². The van der Waals surface area contributed by atoms with Gasteiger partial charge in [-0.25, -0.2) is 8.42 Å². The van der Waals surface area contributed by atoms with E-state index in [-0.39, 0.29) is 12.5 Å². The molecule has 0 saturated heterocycles. The Morgan fingerprint density at radius 2 is 1.67 bits per heavy atom. The lowest BCUT2D eigenvalue weighted by atomic mass is 9.99. The number of aryl methyl sites for hydroxylation is 2. The van der Waals surface area contributed by atoms with Gasteiger partial charge in [0.15, 0.2) is 9.84 Å². The molecule has 0 bridgehead atoms. The molecule has 0 aromatic heterocycles. The van der Waals surface area contributed by atoms with Gasteiger partial charge in [0, 0.05) is 24.5 Å². The smallest absolute Gasteiger partial charge is 0.182 e. The first kappa shape index (κ1) is 20.1. The number of benzene rings is 2. The van der Waals surface area contributed by atoms with Crippen LogP contribution in [-0.4, -0.2) is 33.4 Å². The predicted molar refractivity (Wildman–Crippen MR) is 109 cm³/mol. The molecule has 1 aliphatic carbocycles. The van der Waals surface area contributed by atoms with Gasteiger partial charge in [-0.1, -0.05) is 48.9 Å². The summed E-state index contributed by atoms with van der Waals surface area (Å²) < 4.78 is 32.6. The second-order valence-electron chi connectivity index (χ2n) is 7.43. The van der Waals surface area contributed by atoms with Crippen molar-refractivity contribution < 1.29 is 13.2 Å². The average Bonchev–Trinajstić information content (AvgIpc) is 3.37. The highest BCUT2D eigenvalue weighted by atomic mass is 32.2. The quantitative estimate of drug-likeness (QED) is 0.753. The molecule has 2 aromatic rings. The zero-order valence-electron chi connectivity index (χ0n) is 16.3. The minimum Gasteiger partial charge on any atom is -0.381 e. The van der Waals surface area contributed by atoms with Crippen molar-refractivity contribution >= 4 is 9.84 Å². The lowest BCUT2D eigenvalue weighted by Gasteiger charge is -2.16. The fourth-order valence-corrected chi connectivity index (χ4v) is 6.49. The Balaban J connectivity index is 2.02. The first-order chi connectivity index (χ1) is 12.9. The largest absolute Gasteiger partial charge is 0.381 e. The van der Waals surface area contributed by atoms with E-state index in [1.54, 1.807) is 12.1 Å². The maximum Gasteiger partial charge on any atom is 0.182 e. The first-order valence-electron chi connectivity index (χ1n) is 9.58. The molecule has 0 amide bonds. The molecule has 1 aliphatic rings. The molecule has 2 aromatic carbocycles. The van der Waals surface area contributed by atoms with Crippen molar-refractivity contribution in [3.63, 3.8) is 0 Å².